The Kier molecular flexibility index (Phi) is 2.67. The summed E-state index contributed by atoms with van der Waals surface area (Å²) in [5.74, 6) is -0.0836. The highest BCUT2D eigenvalue weighted by atomic mass is 16.6. The van der Waals surface area contributed by atoms with E-state index in [2.05, 4.69) is 10.0 Å². The van der Waals surface area contributed by atoms with Crippen molar-refractivity contribution in [3.8, 4) is 0 Å². The molecule has 0 atom stereocenters. The van der Waals surface area contributed by atoms with Crippen LogP contribution in [0.15, 0.2) is 27.9 Å². The summed E-state index contributed by atoms with van der Waals surface area (Å²) in [5.41, 5.74) is 7.91. The Balaban J connectivity index is 2.80. The quantitative estimate of drug-likeness (QED) is 0.234. The number of rotatable bonds is 3. The molecule has 7 heteroatoms. The van der Waals surface area contributed by atoms with Gasteiger partial charge < -0.3 is 4.42 Å². The Bertz CT molecular complexity index is 388. The fourth-order valence-electron chi connectivity index (χ4n) is 0.667. The van der Waals surface area contributed by atoms with Crippen molar-refractivity contribution in [1.82, 2.24) is 0 Å². The third kappa shape index (κ3) is 2.35. The summed E-state index contributed by atoms with van der Waals surface area (Å²) in [6.45, 7) is 0. The van der Waals surface area contributed by atoms with Crippen LogP contribution in [0.2, 0.25) is 0 Å². The van der Waals surface area contributed by atoms with Crippen molar-refractivity contribution >= 4 is 12.0 Å². The van der Waals surface area contributed by atoms with Crippen LogP contribution >= 0.6 is 0 Å². The minimum Gasteiger partial charge on any atom is -0.401 e. The normalized spacial score (nSPS) is 9.85. The lowest BCUT2D eigenvalue weighted by molar-refractivity contribution is -0.402. The molecule has 0 saturated carbocycles. The molecule has 13 heavy (non-hydrogen) atoms. The molecule has 7 nitrogen and oxygen atoms in total. The molecule has 0 fully saturated rings. The largest absolute Gasteiger partial charge is 0.433 e. The first-order valence-corrected chi connectivity index (χ1v) is 3.19. The van der Waals surface area contributed by atoms with Crippen molar-refractivity contribution < 1.29 is 9.34 Å². The zero-order chi connectivity index (χ0) is 9.68. The van der Waals surface area contributed by atoms with Crippen LogP contribution in [0.3, 0.4) is 0 Å². The summed E-state index contributed by atoms with van der Waals surface area (Å²) in [6, 6.07) is 2.62. The summed E-state index contributed by atoms with van der Waals surface area (Å²) in [7, 11) is 0. The van der Waals surface area contributed by atoms with E-state index in [0.717, 1.165) is 6.20 Å². The number of furan rings is 1. The van der Waals surface area contributed by atoms with E-state index >= 15 is 0 Å². The Morgan fingerprint density at radius 2 is 2.46 bits per heavy atom. The molecular formula is C6H4N4O3. The highest BCUT2D eigenvalue weighted by molar-refractivity contribution is 5.44. The summed E-state index contributed by atoms with van der Waals surface area (Å²) >= 11 is 0. The molecule has 0 saturated heterocycles. The molecule has 0 radical (unpaired) electrons. The van der Waals surface area contributed by atoms with Gasteiger partial charge in [-0.15, -0.1) is 0 Å². The predicted molar refractivity (Wildman–Crippen MR) is 43.5 cm³/mol. The zero-order valence-corrected chi connectivity index (χ0v) is 6.32. The second-order valence-electron chi connectivity index (χ2n) is 1.95. The molecule has 1 aromatic rings. The highest BCUT2D eigenvalue weighted by Crippen LogP contribution is 2.16. The van der Waals surface area contributed by atoms with Crippen LogP contribution in [0.1, 0.15) is 5.76 Å². The first-order chi connectivity index (χ1) is 6.24. The predicted octanol–water partition coefficient (Wildman–Crippen LogP) is 2.47. The van der Waals surface area contributed by atoms with Crippen LogP contribution in [0.5, 0.6) is 0 Å². The van der Waals surface area contributed by atoms with Crippen LogP contribution in [-0.2, 0) is 0 Å². The molecule has 1 rings (SSSR count). The van der Waals surface area contributed by atoms with Crippen LogP contribution in [0.4, 0.5) is 5.88 Å². The van der Waals surface area contributed by atoms with Gasteiger partial charge in [0.25, 0.3) is 0 Å². The SMILES string of the molecule is [N-]=[N+]=N/C=C\c1ccc([N+](=O)[O-])o1. The summed E-state index contributed by atoms with van der Waals surface area (Å²) in [5, 5.41) is 13.2. The van der Waals surface area contributed by atoms with Gasteiger partial charge in [-0.3, -0.25) is 10.1 Å². The monoisotopic (exact) mass is 180 g/mol. The molecule has 0 aliphatic rings. The summed E-state index contributed by atoms with van der Waals surface area (Å²) < 4.78 is 4.72. The number of azide groups is 1. The van der Waals surface area contributed by atoms with Gasteiger partial charge in [0.05, 0.1) is 6.07 Å². The van der Waals surface area contributed by atoms with Gasteiger partial charge in [-0.25, -0.2) is 0 Å². The van der Waals surface area contributed by atoms with E-state index in [9.17, 15) is 10.1 Å². The van der Waals surface area contributed by atoms with Crippen LogP contribution in [-0.4, -0.2) is 4.92 Å². The topological polar surface area (TPSA) is 105 Å². The van der Waals surface area contributed by atoms with Crippen molar-refractivity contribution in [3.63, 3.8) is 0 Å². The first kappa shape index (κ1) is 8.82. The van der Waals surface area contributed by atoms with Gasteiger partial charge in [-0.1, -0.05) is 5.11 Å². The van der Waals surface area contributed by atoms with Crippen LogP contribution in [0, 0.1) is 10.1 Å². The maximum absolute atomic E-state index is 10.1. The lowest BCUT2D eigenvalue weighted by Gasteiger charge is -1.81. The molecule has 1 aromatic heterocycles. The second-order valence-corrected chi connectivity index (χ2v) is 1.95. The molecule has 0 bridgehead atoms. The van der Waals surface area contributed by atoms with E-state index in [4.69, 9.17) is 9.95 Å². The smallest absolute Gasteiger partial charge is 0.401 e. The minimum absolute atomic E-state index is 0.263. The Labute approximate surface area is 72.1 Å². The molecule has 0 aromatic carbocycles. The molecule has 0 aliphatic carbocycles. The maximum atomic E-state index is 10.1. The zero-order valence-electron chi connectivity index (χ0n) is 6.32. The molecule has 0 aliphatic heterocycles. The maximum Gasteiger partial charge on any atom is 0.433 e. The Morgan fingerprint density at radius 1 is 1.69 bits per heavy atom. The number of nitro groups is 1. The van der Waals surface area contributed by atoms with Gasteiger partial charge >= 0.3 is 5.88 Å². The van der Waals surface area contributed by atoms with Gasteiger partial charge in [0, 0.05) is 11.1 Å². The van der Waals surface area contributed by atoms with Crippen molar-refractivity contribution in [2.24, 2.45) is 5.11 Å². The van der Waals surface area contributed by atoms with Crippen molar-refractivity contribution in [1.29, 1.82) is 0 Å². The van der Waals surface area contributed by atoms with Gasteiger partial charge in [0.15, 0.2) is 0 Å². The summed E-state index contributed by atoms with van der Waals surface area (Å²) in [6.07, 6.45) is 2.47. The highest BCUT2D eigenvalue weighted by Gasteiger charge is 2.09. The van der Waals surface area contributed by atoms with Crippen molar-refractivity contribution in [2.45, 2.75) is 0 Å². The van der Waals surface area contributed by atoms with Gasteiger partial charge in [-0.2, -0.15) is 0 Å². The van der Waals surface area contributed by atoms with Gasteiger partial charge in [0.1, 0.15) is 10.7 Å². The van der Waals surface area contributed by atoms with Crippen molar-refractivity contribution in [3.05, 3.63) is 44.7 Å². The summed E-state index contributed by atoms with van der Waals surface area (Å²) in [4.78, 5) is 12.0. The Hall–Kier alpha value is -2.27. The first-order valence-electron chi connectivity index (χ1n) is 3.19. The number of nitrogens with zero attached hydrogens (tertiary/aromatic N) is 4. The molecule has 66 valence electrons. The molecule has 1 heterocycles. The molecule has 0 unspecified atom stereocenters. The standard InChI is InChI=1S/C6H4N4O3/c7-9-8-4-3-5-1-2-6(13-5)10(11)12/h1-4H/b4-3-. The second kappa shape index (κ2) is 3.93. The molecule has 0 amide bonds. The lowest BCUT2D eigenvalue weighted by Crippen LogP contribution is -1.82. The third-order valence-corrected chi connectivity index (χ3v) is 1.15. The third-order valence-electron chi connectivity index (χ3n) is 1.15. The van der Waals surface area contributed by atoms with E-state index in [-0.39, 0.29) is 11.6 Å². The molecule has 0 spiro atoms. The van der Waals surface area contributed by atoms with E-state index in [0.29, 0.717) is 0 Å². The van der Waals surface area contributed by atoms with E-state index in [1.807, 2.05) is 0 Å². The van der Waals surface area contributed by atoms with Gasteiger partial charge in [-0.05, 0) is 17.7 Å². The van der Waals surface area contributed by atoms with Crippen LogP contribution in [0.25, 0.3) is 16.5 Å². The van der Waals surface area contributed by atoms with Gasteiger partial charge in [0.2, 0.25) is 0 Å². The number of hydrogen-bond acceptors (Lipinski definition) is 4. The van der Waals surface area contributed by atoms with Crippen LogP contribution < -0.4 is 0 Å². The molecular weight excluding hydrogens is 176 g/mol. The Morgan fingerprint density at radius 3 is 3.00 bits per heavy atom. The average Bonchev–Trinajstić information content (AvgIpc) is 2.53. The lowest BCUT2D eigenvalue weighted by atomic mass is 10.4. The fraction of sp³-hybridized carbons (Fsp3) is 0. The minimum atomic E-state index is -0.648. The molecule has 0 N–H and O–H groups in total. The van der Waals surface area contributed by atoms with E-state index in [1.165, 1.54) is 18.2 Å². The van der Waals surface area contributed by atoms with E-state index in [1.54, 1.807) is 0 Å². The van der Waals surface area contributed by atoms with Crippen molar-refractivity contribution in [2.75, 3.05) is 0 Å². The number of hydrogen-bond donors (Lipinski definition) is 0. The average molecular weight is 180 g/mol. The fourth-order valence-corrected chi connectivity index (χ4v) is 0.667. The van der Waals surface area contributed by atoms with E-state index < -0.39 is 4.92 Å².